The molecule has 0 fully saturated rings. The highest BCUT2D eigenvalue weighted by Crippen LogP contribution is 2.30. The molecule has 2 aromatic heterocycles. The highest BCUT2D eigenvalue weighted by molar-refractivity contribution is 6.00. The van der Waals surface area contributed by atoms with E-state index in [0.29, 0.717) is 23.6 Å². The second-order valence-corrected chi connectivity index (χ2v) is 8.03. The number of hydrogen-bond donors (Lipinski definition) is 1. The molecule has 1 N–H and O–H groups in total. The number of fused-ring (bicyclic) bond motifs is 2. The molecule has 0 spiro atoms. The molecule has 3 aromatic rings. The molecule has 0 aliphatic carbocycles. The smallest absolute Gasteiger partial charge is 0.259 e. The summed E-state index contributed by atoms with van der Waals surface area (Å²) in [6.07, 6.45) is 3.25. The summed E-state index contributed by atoms with van der Waals surface area (Å²) in [5.74, 6) is 1.42. The molecule has 2 atom stereocenters. The topological polar surface area (TPSA) is 71.8 Å². The fourth-order valence-corrected chi connectivity index (χ4v) is 3.73. The highest BCUT2D eigenvalue weighted by atomic mass is 16.5. The third kappa shape index (κ3) is 3.64. The maximum Gasteiger partial charge on any atom is 0.259 e. The lowest BCUT2D eigenvalue weighted by molar-refractivity contribution is 0.0610. The molecule has 1 aliphatic heterocycles. The molecule has 29 heavy (non-hydrogen) atoms. The van der Waals surface area contributed by atoms with E-state index in [-0.39, 0.29) is 24.1 Å². The van der Waals surface area contributed by atoms with Gasteiger partial charge in [-0.15, -0.1) is 0 Å². The van der Waals surface area contributed by atoms with Gasteiger partial charge in [0.25, 0.3) is 5.91 Å². The first-order valence-electron chi connectivity index (χ1n) is 10.0. The van der Waals surface area contributed by atoms with E-state index >= 15 is 0 Å². The predicted molar refractivity (Wildman–Crippen MR) is 112 cm³/mol. The first-order valence-corrected chi connectivity index (χ1v) is 10.0. The van der Waals surface area contributed by atoms with E-state index in [2.05, 4.69) is 30.3 Å². The van der Waals surface area contributed by atoms with Crippen LogP contribution in [0.4, 0.5) is 5.82 Å². The molecular weight excluding hydrogens is 366 g/mol. The van der Waals surface area contributed by atoms with E-state index in [1.165, 1.54) is 5.56 Å². The van der Waals surface area contributed by atoms with Crippen LogP contribution in [0.2, 0.25) is 0 Å². The predicted octanol–water partition coefficient (Wildman–Crippen LogP) is 3.84. The zero-order valence-electron chi connectivity index (χ0n) is 17.5. The van der Waals surface area contributed by atoms with Gasteiger partial charge in [-0.05, 0) is 46.8 Å². The number of aromatic nitrogens is 3. The van der Waals surface area contributed by atoms with Crippen LogP contribution in [0, 0.1) is 6.92 Å². The van der Waals surface area contributed by atoms with Gasteiger partial charge < -0.3 is 15.0 Å². The number of anilines is 1. The van der Waals surface area contributed by atoms with Crippen molar-refractivity contribution < 1.29 is 9.53 Å². The number of rotatable bonds is 1. The molecule has 1 amide bonds. The standard InChI is InChI=1S/C22H27N5O2/c1-13(2)26-12-15(4)29-19-7-6-14(3)10-17(19)16(5)24-20-8-9-27-21(25-20)18(11-23-27)22(26)28/h6-11,13,15-16H,12H2,1-5H3,(H,24,25)/t15-,16+/m0/s1. The van der Waals surface area contributed by atoms with Gasteiger partial charge >= 0.3 is 0 Å². The number of carbonyl (C=O) groups is 1. The molecule has 0 saturated heterocycles. The average Bonchev–Trinajstić information content (AvgIpc) is 3.09. The SMILES string of the molecule is Cc1ccc2c(c1)[C@@H](C)Nc1ccn3ncc(c3n1)C(=O)N(C(C)C)C[C@H](C)O2. The Balaban J connectivity index is 1.86. The minimum Gasteiger partial charge on any atom is -0.489 e. The average molecular weight is 393 g/mol. The van der Waals surface area contributed by atoms with Gasteiger partial charge in [-0.3, -0.25) is 4.79 Å². The van der Waals surface area contributed by atoms with E-state index in [0.717, 1.165) is 11.3 Å². The minimum atomic E-state index is -0.169. The summed E-state index contributed by atoms with van der Waals surface area (Å²) < 4.78 is 7.94. The first-order chi connectivity index (χ1) is 13.8. The van der Waals surface area contributed by atoms with Gasteiger partial charge in [0, 0.05) is 17.8 Å². The molecule has 1 aromatic carbocycles. The van der Waals surface area contributed by atoms with Gasteiger partial charge in [0.05, 0.1) is 18.8 Å². The fourth-order valence-electron chi connectivity index (χ4n) is 3.73. The van der Waals surface area contributed by atoms with Gasteiger partial charge in [-0.1, -0.05) is 17.7 Å². The van der Waals surface area contributed by atoms with Crippen LogP contribution in [0.1, 0.15) is 55.2 Å². The number of nitrogens with one attached hydrogen (secondary N) is 1. The highest BCUT2D eigenvalue weighted by Gasteiger charge is 2.26. The third-order valence-electron chi connectivity index (χ3n) is 5.26. The molecule has 0 unspecified atom stereocenters. The number of nitrogens with zero attached hydrogens (tertiary/aromatic N) is 4. The van der Waals surface area contributed by atoms with Gasteiger partial charge in [-0.25, -0.2) is 9.50 Å². The van der Waals surface area contributed by atoms with Crippen molar-refractivity contribution in [1.82, 2.24) is 19.5 Å². The molecule has 1 aliphatic rings. The van der Waals surface area contributed by atoms with Crippen molar-refractivity contribution in [1.29, 1.82) is 0 Å². The molecule has 7 heteroatoms. The number of hydrogen-bond acceptors (Lipinski definition) is 5. The summed E-state index contributed by atoms with van der Waals surface area (Å²) >= 11 is 0. The van der Waals surface area contributed by atoms with E-state index in [9.17, 15) is 4.79 Å². The second-order valence-electron chi connectivity index (χ2n) is 8.03. The Labute approximate surface area is 170 Å². The molecule has 4 rings (SSSR count). The van der Waals surface area contributed by atoms with Gasteiger partial charge in [-0.2, -0.15) is 5.10 Å². The van der Waals surface area contributed by atoms with Crippen molar-refractivity contribution in [2.24, 2.45) is 0 Å². The Morgan fingerprint density at radius 1 is 1.24 bits per heavy atom. The third-order valence-corrected chi connectivity index (χ3v) is 5.26. The van der Waals surface area contributed by atoms with Crippen LogP contribution in [0.5, 0.6) is 5.75 Å². The zero-order valence-corrected chi connectivity index (χ0v) is 17.5. The van der Waals surface area contributed by atoms with Gasteiger partial charge in [0.1, 0.15) is 23.2 Å². The van der Waals surface area contributed by atoms with E-state index in [1.54, 1.807) is 10.7 Å². The maximum absolute atomic E-state index is 13.3. The van der Waals surface area contributed by atoms with Crippen LogP contribution in [0.3, 0.4) is 0 Å². The van der Waals surface area contributed by atoms with Crippen LogP contribution in [0.25, 0.3) is 5.65 Å². The lowest BCUT2D eigenvalue weighted by atomic mass is 10.0. The Morgan fingerprint density at radius 3 is 2.79 bits per heavy atom. The van der Waals surface area contributed by atoms with Crippen LogP contribution in [-0.4, -0.2) is 44.1 Å². The van der Waals surface area contributed by atoms with Crippen LogP contribution < -0.4 is 10.1 Å². The molecule has 7 nitrogen and oxygen atoms in total. The van der Waals surface area contributed by atoms with Crippen molar-refractivity contribution in [3.05, 3.63) is 53.3 Å². The largest absolute Gasteiger partial charge is 0.489 e. The Bertz CT molecular complexity index is 1060. The first kappa shape index (κ1) is 19.2. The minimum absolute atomic E-state index is 0.0175. The second kappa shape index (κ2) is 7.39. The van der Waals surface area contributed by atoms with Gasteiger partial charge in [0.15, 0.2) is 5.65 Å². The van der Waals surface area contributed by atoms with E-state index < -0.39 is 0 Å². The zero-order chi connectivity index (χ0) is 20.7. The summed E-state index contributed by atoms with van der Waals surface area (Å²) in [6.45, 7) is 10.6. The van der Waals surface area contributed by atoms with Crippen LogP contribution >= 0.6 is 0 Å². The molecule has 0 saturated carbocycles. The number of amides is 1. The normalized spacial score (nSPS) is 19.9. The van der Waals surface area contributed by atoms with Crippen LogP contribution in [-0.2, 0) is 0 Å². The van der Waals surface area contributed by atoms with Crippen LogP contribution in [0.15, 0.2) is 36.7 Å². The summed E-state index contributed by atoms with van der Waals surface area (Å²) in [7, 11) is 0. The monoisotopic (exact) mass is 393 g/mol. The quantitative estimate of drug-likeness (QED) is 0.680. The van der Waals surface area contributed by atoms with Gasteiger partial charge in [0.2, 0.25) is 0 Å². The number of aryl methyl sites for hydroxylation is 1. The summed E-state index contributed by atoms with van der Waals surface area (Å²) in [6, 6.07) is 8.05. The molecular formula is C22H27N5O2. The number of benzene rings is 1. The number of carbonyl (C=O) groups excluding carboxylic acids is 1. The lowest BCUT2D eigenvalue weighted by Crippen LogP contribution is -2.43. The molecule has 152 valence electrons. The Morgan fingerprint density at radius 2 is 2.03 bits per heavy atom. The lowest BCUT2D eigenvalue weighted by Gasteiger charge is -2.30. The van der Waals surface area contributed by atoms with E-state index in [1.807, 2.05) is 50.1 Å². The van der Waals surface area contributed by atoms with Crippen molar-refractivity contribution >= 4 is 17.4 Å². The molecule has 2 bridgehead atoms. The Hall–Kier alpha value is -3.09. The molecule has 0 radical (unpaired) electrons. The fraction of sp³-hybridized carbons (Fsp3) is 0.409. The Kier molecular flexibility index (Phi) is 4.90. The summed E-state index contributed by atoms with van der Waals surface area (Å²) in [5.41, 5.74) is 3.28. The molecule has 3 heterocycles. The summed E-state index contributed by atoms with van der Waals surface area (Å²) in [5, 5.41) is 7.75. The number of ether oxygens (including phenoxy) is 1. The van der Waals surface area contributed by atoms with Crippen molar-refractivity contribution in [2.75, 3.05) is 11.9 Å². The van der Waals surface area contributed by atoms with Crippen molar-refractivity contribution in [3.8, 4) is 5.75 Å². The maximum atomic E-state index is 13.3. The van der Waals surface area contributed by atoms with E-state index in [4.69, 9.17) is 9.72 Å². The van der Waals surface area contributed by atoms with Crippen molar-refractivity contribution in [2.45, 2.75) is 52.8 Å². The summed E-state index contributed by atoms with van der Waals surface area (Å²) in [4.78, 5) is 19.8. The van der Waals surface area contributed by atoms with Crippen molar-refractivity contribution in [3.63, 3.8) is 0 Å².